The first-order valence-electron chi connectivity index (χ1n) is 8.61. The van der Waals surface area contributed by atoms with Crippen LogP contribution < -0.4 is 5.32 Å². The van der Waals surface area contributed by atoms with Crippen molar-refractivity contribution >= 4 is 5.91 Å². The molecule has 0 radical (unpaired) electrons. The lowest BCUT2D eigenvalue weighted by Crippen LogP contribution is -2.55. The zero-order valence-corrected chi connectivity index (χ0v) is 13.8. The lowest BCUT2D eigenvalue weighted by Gasteiger charge is -2.39. The van der Waals surface area contributed by atoms with Gasteiger partial charge < -0.3 is 10.2 Å². The van der Waals surface area contributed by atoms with E-state index in [2.05, 4.69) is 17.1 Å². The van der Waals surface area contributed by atoms with Crippen molar-refractivity contribution in [3.05, 3.63) is 35.6 Å². The molecule has 126 valence electrons. The van der Waals surface area contributed by atoms with Crippen LogP contribution in [0.5, 0.6) is 0 Å². The van der Waals surface area contributed by atoms with Gasteiger partial charge in [-0.05, 0) is 44.0 Å². The minimum Gasteiger partial charge on any atom is -0.337 e. The number of piperazine rings is 1. The number of benzene rings is 1. The summed E-state index contributed by atoms with van der Waals surface area (Å²) in [5, 5.41) is 3.33. The molecule has 1 N–H and O–H groups in total. The van der Waals surface area contributed by atoms with E-state index in [1.165, 1.54) is 6.07 Å². The highest BCUT2D eigenvalue weighted by Gasteiger charge is 2.32. The summed E-state index contributed by atoms with van der Waals surface area (Å²) in [7, 11) is 0. The van der Waals surface area contributed by atoms with E-state index < -0.39 is 0 Å². The molecule has 2 fully saturated rings. The molecular weight excluding hydrogens is 293 g/mol. The van der Waals surface area contributed by atoms with Gasteiger partial charge in [-0.3, -0.25) is 9.69 Å². The molecule has 2 atom stereocenters. The second-order valence-electron chi connectivity index (χ2n) is 6.79. The second kappa shape index (κ2) is 7.41. The minimum atomic E-state index is -0.193. The molecule has 0 aliphatic carbocycles. The van der Waals surface area contributed by atoms with Gasteiger partial charge in [0.2, 0.25) is 5.91 Å². The third-order valence-corrected chi connectivity index (χ3v) is 4.93. The van der Waals surface area contributed by atoms with E-state index >= 15 is 0 Å². The van der Waals surface area contributed by atoms with Crippen LogP contribution in [0.1, 0.15) is 25.3 Å². The average molecular weight is 319 g/mol. The maximum atomic E-state index is 13.3. The molecule has 1 unspecified atom stereocenters. The number of carbonyl (C=O) groups is 1. The maximum absolute atomic E-state index is 13.3. The van der Waals surface area contributed by atoms with Crippen LogP contribution in [0.15, 0.2) is 24.3 Å². The Morgan fingerprint density at radius 3 is 3.04 bits per heavy atom. The predicted octanol–water partition coefficient (Wildman–Crippen LogP) is 1.86. The Balaban J connectivity index is 1.60. The summed E-state index contributed by atoms with van der Waals surface area (Å²) in [5.41, 5.74) is 0.980. The zero-order valence-electron chi connectivity index (χ0n) is 13.8. The fourth-order valence-corrected chi connectivity index (χ4v) is 3.70. The maximum Gasteiger partial charge on any atom is 0.227 e. The normalized spacial score (nSPS) is 26.3. The molecule has 1 aromatic carbocycles. The fourth-order valence-electron chi connectivity index (χ4n) is 3.70. The van der Waals surface area contributed by atoms with Gasteiger partial charge >= 0.3 is 0 Å². The Morgan fingerprint density at radius 1 is 1.39 bits per heavy atom. The SMILES string of the molecule is C[C@@H]1CNCCN1C(=O)C1CCCN(Cc2cccc(F)c2)C1. The van der Waals surface area contributed by atoms with Gasteiger partial charge in [-0.1, -0.05) is 12.1 Å². The topological polar surface area (TPSA) is 35.6 Å². The number of amides is 1. The van der Waals surface area contributed by atoms with Crippen LogP contribution >= 0.6 is 0 Å². The molecule has 5 heteroatoms. The molecule has 0 saturated carbocycles. The molecule has 23 heavy (non-hydrogen) atoms. The number of nitrogens with one attached hydrogen (secondary N) is 1. The van der Waals surface area contributed by atoms with Crippen LogP contribution in [-0.4, -0.2) is 54.5 Å². The molecule has 2 heterocycles. The van der Waals surface area contributed by atoms with Gasteiger partial charge in [-0.2, -0.15) is 0 Å². The van der Waals surface area contributed by atoms with Crippen LogP contribution in [0.2, 0.25) is 0 Å². The Morgan fingerprint density at radius 2 is 2.26 bits per heavy atom. The molecule has 4 nitrogen and oxygen atoms in total. The largest absolute Gasteiger partial charge is 0.337 e. The molecule has 1 amide bonds. The average Bonchev–Trinajstić information content (AvgIpc) is 2.55. The zero-order chi connectivity index (χ0) is 16.2. The number of halogens is 1. The summed E-state index contributed by atoms with van der Waals surface area (Å²) in [6.45, 7) is 7.17. The second-order valence-corrected chi connectivity index (χ2v) is 6.79. The highest BCUT2D eigenvalue weighted by molar-refractivity contribution is 5.79. The van der Waals surface area contributed by atoms with Crippen molar-refractivity contribution in [2.24, 2.45) is 5.92 Å². The highest BCUT2D eigenvalue weighted by Crippen LogP contribution is 2.22. The van der Waals surface area contributed by atoms with Crippen LogP contribution in [0.3, 0.4) is 0 Å². The van der Waals surface area contributed by atoms with Crippen molar-refractivity contribution in [2.75, 3.05) is 32.7 Å². The van der Waals surface area contributed by atoms with Gasteiger partial charge in [-0.15, -0.1) is 0 Å². The number of piperidine rings is 1. The van der Waals surface area contributed by atoms with Gasteiger partial charge in [0.15, 0.2) is 0 Å². The smallest absolute Gasteiger partial charge is 0.227 e. The first-order valence-corrected chi connectivity index (χ1v) is 8.61. The first-order chi connectivity index (χ1) is 11.1. The molecule has 3 rings (SSSR count). The molecule has 2 saturated heterocycles. The van der Waals surface area contributed by atoms with E-state index in [0.717, 1.165) is 57.7 Å². The quantitative estimate of drug-likeness (QED) is 0.924. The van der Waals surface area contributed by atoms with Crippen molar-refractivity contribution in [3.8, 4) is 0 Å². The van der Waals surface area contributed by atoms with E-state index in [4.69, 9.17) is 0 Å². The summed E-state index contributed by atoms with van der Waals surface area (Å²) in [4.78, 5) is 17.1. The Bertz CT molecular complexity index is 551. The molecule has 2 aliphatic rings. The van der Waals surface area contributed by atoms with Gasteiger partial charge in [0.1, 0.15) is 5.82 Å². The number of rotatable bonds is 3. The van der Waals surface area contributed by atoms with Crippen molar-refractivity contribution in [1.82, 2.24) is 15.1 Å². The Hall–Kier alpha value is -1.46. The third-order valence-electron chi connectivity index (χ3n) is 4.93. The first kappa shape index (κ1) is 16.4. The molecule has 0 bridgehead atoms. The van der Waals surface area contributed by atoms with Gasteiger partial charge in [0, 0.05) is 38.8 Å². The number of hydrogen-bond donors (Lipinski definition) is 1. The van der Waals surface area contributed by atoms with Crippen LogP contribution in [0, 0.1) is 11.7 Å². The van der Waals surface area contributed by atoms with Crippen molar-refractivity contribution in [2.45, 2.75) is 32.4 Å². The van der Waals surface area contributed by atoms with Crippen molar-refractivity contribution in [1.29, 1.82) is 0 Å². The summed E-state index contributed by atoms with van der Waals surface area (Å²) in [6, 6.07) is 7.03. The molecule has 2 aliphatic heterocycles. The minimum absolute atomic E-state index is 0.0814. The molecule has 0 aromatic heterocycles. The lowest BCUT2D eigenvalue weighted by atomic mass is 9.95. The van der Waals surface area contributed by atoms with E-state index in [1.54, 1.807) is 12.1 Å². The van der Waals surface area contributed by atoms with Crippen LogP contribution in [-0.2, 0) is 11.3 Å². The fraction of sp³-hybridized carbons (Fsp3) is 0.611. The van der Waals surface area contributed by atoms with Crippen LogP contribution in [0.25, 0.3) is 0 Å². The monoisotopic (exact) mass is 319 g/mol. The van der Waals surface area contributed by atoms with E-state index in [0.29, 0.717) is 5.91 Å². The number of likely N-dealkylation sites (tertiary alicyclic amines) is 1. The molecule has 1 aromatic rings. The van der Waals surface area contributed by atoms with E-state index in [9.17, 15) is 9.18 Å². The van der Waals surface area contributed by atoms with Crippen molar-refractivity contribution in [3.63, 3.8) is 0 Å². The van der Waals surface area contributed by atoms with Gasteiger partial charge in [0.05, 0.1) is 5.92 Å². The van der Waals surface area contributed by atoms with E-state index in [-0.39, 0.29) is 17.8 Å². The number of nitrogens with zero attached hydrogens (tertiary/aromatic N) is 2. The number of hydrogen-bond acceptors (Lipinski definition) is 3. The Kier molecular flexibility index (Phi) is 5.28. The standard InChI is InChI=1S/C18H26FN3O/c1-14-11-20-7-9-22(14)18(23)16-5-3-8-21(13-16)12-15-4-2-6-17(19)10-15/h2,4,6,10,14,16,20H,3,5,7-9,11-13H2,1H3/t14-,16?/m1/s1. The predicted molar refractivity (Wildman–Crippen MR) is 88.4 cm³/mol. The number of carbonyl (C=O) groups excluding carboxylic acids is 1. The molecule has 0 spiro atoms. The lowest BCUT2D eigenvalue weighted by molar-refractivity contribution is -0.140. The third kappa shape index (κ3) is 4.09. The van der Waals surface area contributed by atoms with Crippen LogP contribution in [0.4, 0.5) is 4.39 Å². The summed E-state index contributed by atoms with van der Waals surface area (Å²) >= 11 is 0. The summed E-state index contributed by atoms with van der Waals surface area (Å²) in [5.74, 6) is 0.183. The van der Waals surface area contributed by atoms with Gasteiger partial charge in [-0.25, -0.2) is 4.39 Å². The van der Waals surface area contributed by atoms with Gasteiger partial charge in [0.25, 0.3) is 0 Å². The van der Waals surface area contributed by atoms with E-state index in [1.807, 2.05) is 11.0 Å². The Labute approximate surface area is 137 Å². The summed E-state index contributed by atoms with van der Waals surface area (Å²) in [6.07, 6.45) is 2.00. The molecular formula is C18H26FN3O. The highest BCUT2D eigenvalue weighted by atomic mass is 19.1. The van der Waals surface area contributed by atoms with Crippen molar-refractivity contribution < 1.29 is 9.18 Å². The summed E-state index contributed by atoms with van der Waals surface area (Å²) < 4.78 is 13.3.